The quantitative estimate of drug-likeness (QED) is 0.708. The van der Waals surface area contributed by atoms with Crippen LogP contribution in [-0.4, -0.2) is 22.4 Å². The van der Waals surface area contributed by atoms with Gasteiger partial charge in [-0.1, -0.05) is 36.4 Å². The zero-order valence-corrected chi connectivity index (χ0v) is 13.1. The van der Waals surface area contributed by atoms with Gasteiger partial charge in [0.15, 0.2) is 0 Å². The minimum Gasteiger partial charge on any atom is -0.338 e. The number of benzene rings is 2. The van der Waals surface area contributed by atoms with Crippen LogP contribution in [0, 0.1) is 6.92 Å². The SMILES string of the molecule is Cc1ccccc1NC(=O)NCCCn1ncc2ccccc21. The van der Waals surface area contributed by atoms with Gasteiger partial charge < -0.3 is 10.6 Å². The van der Waals surface area contributed by atoms with Crippen molar-refractivity contribution < 1.29 is 4.79 Å². The van der Waals surface area contributed by atoms with Crippen molar-refractivity contribution in [1.29, 1.82) is 0 Å². The maximum atomic E-state index is 11.9. The number of anilines is 1. The van der Waals surface area contributed by atoms with E-state index in [9.17, 15) is 4.79 Å². The lowest BCUT2D eigenvalue weighted by molar-refractivity contribution is 0.251. The lowest BCUT2D eigenvalue weighted by Gasteiger charge is -2.10. The van der Waals surface area contributed by atoms with Gasteiger partial charge in [-0.05, 0) is 31.0 Å². The number of carbonyl (C=O) groups is 1. The average Bonchev–Trinajstić information content (AvgIpc) is 2.97. The van der Waals surface area contributed by atoms with Gasteiger partial charge in [0.25, 0.3) is 0 Å². The van der Waals surface area contributed by atoms with Crippen molar-refractivity contribution in [2.45, 2.75) is 19.9 Å². The van der Waals surface area contributed by atoms with Crippen LogP contribution in [0.25, 0.3) is 10.9 Å². The minimum absolute atomic E-state index is 0.176. The summed E-state index contributed by atoms with van der Waals surface area (Å²) >= 11 is 0. The van der Waals surface area contributed by atoms with Gasteiger partial charge in [0.2, 0.25) is 0 Å². The standard InChI is InChI=1S/C18H20N4O/c1-14-7-2-4-9-16(14)21-18(23)19-11-6-12-22-17-10-5-3-8-15(17)13-20-22/h2-5,7-10,13H,6,11-12H2,1H3,(H2,19,21,23). The van der Waals surface area contributed by atoms with Crippen molar-refractivity contribution in [1.82, 2.24) is 15.1 Å². The Kier molecular flexibility index (Phi) is 4.57. The van der Waals surface area contributed by atoms with Gasteiger partial charge in [0.1, 0.15) is 0 Å². The topological polar surface area (TPSA) is 59.0 Å². The number of rotatable bonds is 5. The highest BCUT2D eigenvalue weighted by Crippen LogP contribution is 2.13. The summed E-state index contributed by atoms with van der Waals surface area (Å²) in [5.41, 5.74) is 3.01. The summed E-state index contributed by atoms with van der Waals surface area (Å²) in [6.07, 6.45) is 2.69. The molecule has 5 nitrogen and oxygen atoms in total. The summed E-state index contributed by atoms with van der Waals surface area (Å²) < 4.78 is 1.97. The molecule has 5 heteroatoms. The number of carbonyl (C=O) groups excluding carboxylic acids is 1. The molecule has 0 radical (unpaired) electrons. The van der Waals surface area contributed by atoms with E-state index >= 15 is 0 Å². The van der Waals surface area contributed by atoms with E-state index in [1.54, 1.807) is 0 Å². The summed E-state index contributed by atoms with van der Waals surface area (Å²) in [5, 5.41) is 11.3. The monoisotopic (exact) mass is 308 g/mol. The molecule has 1 heterocycles. The molecule has 0 aliphatic heterocycles. The second-order valence-electron chi connectivity index (χ2n) is 5.48. The molecule has 2 N–H and O–H groups in total. The maximum absolute atomic E-state index is 11.9. The van der Waals surface area contributed by atoms with Crippen LogP contribution >= 0.6 is 0 Å². The molecule has 0 fully saturated rings. The van der Waals surface area contributed by atoms with E-state index in [1.165, 1.54) is 0 Å². The molecule has 23 heavy (non-hydrogen) atoms. The van der Waals surface area contributed by atoms with E-state index in [-0.39, 0.29) is 6.03 Å². The highest BCUT2D eigenvalue weighted by Gasteiger charge is 2.04. The van der Waals surface area contributed by atoms with Crippen molar-refractivity contribution in [3.05, 3.63) is 60.3 Å². The number of hydrogen-bond acceptors (Lipinski definition) is 2. The number of aromatic nitrogens is 2. The van der Waals surface area contributed by atoms with Gasteiger partial charge in [-0.25, -0.2) is 4.79 Å². The highest BCUT2D eigenvalue weighted by atomic mass is 16.2. The normalized spacial score (nSPS) is 10.7. The molecule has 1 aromatic heterocycles. The predicted molar refractivity (Wildman–Crippen MR) is 92.6 cm³/mol. The Balaban J connectivity index is 1.46. The van der Waals surface area contributed by atoms with E-state index in [0.717, 1.165) is 35.1 Å². The van der Waals surface area contributed by atoms with E-state index in [0.29, 0.717) is 6.54 Å². The van der Waals surface area contributed by atoms with Crippen LogP contribution in [0.2, 0.25) is 0 Å². The molecular weight excluding hydrogens is 288 g/mol. The van der Waals surface area contributed by atoms with Crippen molar-refractivity contribution in [3.63, 3.8) is 0 Å². The first-order valence-electron chi connectivity index (χ1n) is 7.75. The van der Waals surface area contributed by atoms with Crippen LogP contribution in [0.15, 0.2) is 54.7 Å². The summed E-state index contributed by atoms with van der Waals surface area (Å²) in [6, 6.07) is 15.7. The highest BCUT2D eigenvalue weighted by molar-refractivity contribution is 5.89. The van der Waals surface area contributed by atoms with Gasteiger partial charge in [-0.3, -0.25) is 4.68 Å². The van der Waals surface area contributed by atoms with Crippen LogP contribution in [0.5, 0.6) is 0 Å². The molecule has 2 amide bonds. The summed E-state index contributed by atoms with van der Waals surface area (Å²) in [6.45, 7) is 3.35. The molecule has 2 aromatic carbocycles. The molecule has 0 aliphatic rings. The lowest BCUT2D eigenvalue weighted by atomic mass is 10.2. The Labute approximate surface area is 135 Å². The van der Waals surface area contributed by atoms with Gasteiger partial charge in [-0.2, -0.15) is 5.10 Å². The third kappa shape index (κ3) is 3.69. The zero-order valence-electron chi connectivity index (χ0n) is 13.1. The fourth-order valence-electron chi connectivity index (χ4n) is 2.51. The second-order valence-corrected chi connectivity index (χ2v) is 5.48. The molecule has 3 rings (SSSR count). The van der Waals surface area contributed by atoms with Crippen molar-refractivity contribution in [2.75, 3.05) is 11.9 Å². The molecule has 0 unspecified atom stereocenters. The number of amides is 2. The number of nitrogens with zero attached hydrogens (tertiary/aromatic N) is 2. The van der Waals surface area contributed by atoms with Crippen LogP contribution in [0.1, 0.15) is 12.0 Å². The molecular formula is C18H20N4O. The molecule has 0 saturated carbocycles. The summed E-state index contributed by atoms with van der Waals surface area (Å²) in [5.74, 6) is 0. The first-order chi connectivity index (χ1) is 11.2. The molecule has 0 saturated heterocycles. The molecule has 118 valence electrons. The second kappa shape index (κ2) is 6.96. The van der Waals surface area contributed by atoms with Gasteiger partial charge >= 0.3 is 6.03 Å². The third-order valence-electron chi connectivity index (χ3n) is 3.78. The predicted octanol–water partition coefficient (Wildman–Crippen LogP) is 3.56. The minimum atomic E-state index is -0.176. The zero-order chi connectivity index (χ0) is 16.1. The molecule has 0 aliphatic carbocycles. The Morgan fingerprint density at radius 1 is 1.13 bits per heavy atom. The fourth-order valence-corrected chi connectivity index (χ4v) is 2.51. The van der Waals surface area contributed by atoms with Crippen molar-refractivity contribution in [3.8, 4) is 0 Å². The first-order valence-corrected chi connectivity index (χ1v) is 7.75. The number of urea groups is 1. The number of nitrogens with one attached hydrogen (secondary N) is 2. The number of fused-ring (bicyclic) bond motifs is 1. The van der Waals surface area contributed by atoms with Crippen LogP contribution in [-0.2, 0) is 6.54 Å². The Morgan fingerprint density at radius 2 is 1.91 bits per heavy atom. The van der Waals surface area contributed by atoms with E-state index in [4.69, 9.17) is 0 Å². The van der Waals surface area contributed by atoms with Gasteiger partial charge in [0, 0.05) is 24.2 Å². The Hall–Kier alpha value is -2.82. The Bertz CT molecular complexity index is 809. The van der Waals surface area contributed by atoms with Crippen molar-refractivity contribution >= 4 is 22.6 Å². The van der Waals surface area contributed by atoms with E-state index in [1.807, 2.05) is 60.3 Å². The average molecular weight is 308 g/mol. The van der Waals surface area contributed by atoms with E-state index in [2.05, 4.69) is 21.8 Å². The smallest absolute Gasteiger partial charge is 0.319 e. The van der Waals surface area contributed by atoms with E-state index < -0.39 is 0 Å². The molecule has 3 aromatic rings. The first kappa shape index (κ1) is 15.1. The number of hydrogen-bond donors (Lipinski definition) is 2. The van der Waals surface area contributed by atoms with Crippen molar-refractivity contribution in [2.24, 2.45) is 0 Å². The summed E-state index contributed by atoms with van der Waals surface area (Å²) in [7, 11) is 0. The molecule has 0 spiro atoms. The molecule has 0 atom stereocenters. The largest absolute Gasteiger partial charge is 0.338 e. The fraction of sp³-hybridized carbons (Fsp3) is 0.222. The number of para-hydroxylation sites is 2. The summed E-state index contributed by atoms with van der Waals surface area (Å²) in [4.78, 5) is 11.9. The van der Waals surface area contributed by atoms with Gasteiger partial charge in [-0.15, -0.1) is 0 Å². The third-order valence-corrected chi connectivity index (χ3v) is 3.78. The van der Waals surface area contributed by atoms with Crippen LogP contribution < -0.4 is 10.6 Å². The number of aryl methyl sites for hydroxylation is 2. The maximum Gasteiger partial charge on any atom is 0.319 e. The molecule has 0 bridgehead atoms. The van der Waals surface area contributed by atoms with Crippen LogP contribution in [0.3, 0.4) is 0 Å². The Morgan fingerprint density at radius 3 is 2.78 bits per heavy atom. The van der Waals surface area contributed by atoms with Crippen LogP contribution in [0.4, 0.5) is 10.5 Å². The lowest BCUT2D eigenvalue weighted by Crippen LogP contribution is -2.30. The van der Waals surface area contributed by atoms with Gasteiger partial charge in [0.05, 0.1) is 11.7 Å².